The van der Waals surface area contributed by atoms with Gasteiger partial charge in [0, 0.05) is 19.8 Å². The molecule has 92 valence electrons. The van der Waals surface area contributed by atoms with Crippen LogP contribution in [0, 0.1) is 5.41 Å². The van der Waals surface area contributed by atoms with Gasteiger partial charge in [-0.1, -0.05) is 18.2 Å². The number of amidine groups is 1. The Hall–Kier alpha value is -2.50. The van der Waals surface area contributed by atoms with E-state index in [1.54, 1.807) is 11.9 Å². The zero-order chi connectivity index (χ0) is 13.3. The number of hydrogen-bond donors (Lipinski definition) is 1. The molecule has 0 aliphatic carbocycles. The number of rotatable bonds is 1. The van der Waals surface area contributed by atoms with Crippen LogP contribution in [-0.2, 0) is 4.79 Å². The van der Waals surface area contributed by atoms with Crippen molar-refractivity contribution < 1.29 is 9.59 Å². The molecule has 1 aliphatic heterocycles. The molecule has 0 fully saturated rings. The maximum absolute atomic E-state index is 11.7. The third-order valence-electron chi connectivity index (χ3n) is 2.69. The molecular formula is C12H12N4O2. The molecule has 1 heterocycles. The Morgan fingerprint density at radius 3 is 2.44 bits per heavy atom. The lowest BCUT2D eigenvalue weighted by molar-refractivity contribution is -0.120. The maximum atomic E-state index is 11.7. The van der Waals surface area contributed by atoms with Gasteiger partial charge in [-0.3, -0.25) is 15.1 Å². The average Bonchev–Trinajstić information content (AvgIpc) is 2.41. The predicted octanol–water partition coefficient (Wildman–Crippen LogP) is 1.13. The predicted molar refractivity (Wildman–Crippen MR) is 68.2 cm³/mol. The van der Waals surface area contributed by atoms with Crippen molar-refractivity contribution in [1.29, 1.82) is 5.41 Å². The maximum Gasteiger partial charge on any atom is 0.352 e. The molecule has 0 bridgehead atoms. The van der Waals surface area contributed by atoms with Gasteiger partial charge in [0.05, 0.1) is 0 Å². The van der Waals surface area contributed by atoms with E-state index >= 15 is 0 Å². The van der Waals surface area contributed by atoms with Crippen molar-refractivity contribution in [2.75, 3.05) is 19.0 Å². The topological polar surface area (TPSA) is 76.8 Å². The number of carbonyl (C=O) groups excluding carboxylic acids is 2. The number of urea groups is 1. The Balaban J connectivity index is 2.39. The van der Waals surface area contributed by atoms with Crippen LogP contribution >= 0.6 is 0 Å². The van der Waals surface area contributed by atoms with E-state index in [1.807, 2.05) is 30.3 Å². The van der Waals surface area contributed by atoms with Gasteiger partial charge in [0.15, 0.2) is 11.5 Å². The third-order valence-corrected chi connectivity index (χ3v) is 2.69. The van der Waals surface area contributed by atoms with Gasteiger partial charge >= 0.3 is 6.03 Å². The molecule has 0 saturated heterocycles. The van der Waals surface area contributed by atoms with E-state index in [0.29, 0.717) is 0 Å². The zero-order valence-corrected chi connectivity index (χ0v) is 10.0. The summed E-state index contributed by atoms with van der Waals surface area (Å²) in [6.45, 7) is 0. The van der Waals surface area contributed by atoms with Crippen molar-refractivity contribution in [2.24, 2.45) is 4.99 Å². The molecule has 0 atom stereocenters. The van der Waals surface area contributed by atoms with E-state index in [9.17, 15) is 9.59 Å². The molecule has 1 aliphatic rings. The van der Waals surface area contributed by atoms with E-state index in [1.165, 1.54) is 7.05 Å². The second-order valence-electron chi connectivity index (χ2n) is 3.85. The fraction of sp³-hybridized carbons (Fsp3) is 0.167. The zero-order valence-electron chi connectivity index (χ0n) is 10.0. The Morgan fingerprint density at radius 1 is 1.22 bits per heavy atom. The normalized spacial score (nSPS) is 15.8. The molecule has 0 spiro atoms. The van der Waals surface area contributed by atoms with Crippen LogP contribution < -0.4 is 4.90 Å². The van der Waals surface area contributed by atoms with Gasteiger partial charge < -0.3 is 4.90 Å². The second-order valence-corrected chi connectivity index (χ2v) is 3.85. The van der Waals surface area contributed by atoms with Gasteiger partial charge in [-0.2, -0.15) is 4.99 Å². The number of imide groups is 1. The summed E-state index contributed by atoms with van der Waals surface area (Å²) < 4.78 is 0. The highest BCUT2D eigenvalue weighted by Gasteiger charge is 2.32. The fourth-order valence-electron chi connectivity index (χ4n) is 1.59. The van der Waals surface area contributed by atoms with Crippen LogP contribution in [0.25, 0.3) is 0 Å². The summed E-state index contributed by atoms with van der Waals surface area (Å²) in [5, 5.41) is 7.74. The number of para-hydroxylation sites is 1. The van der Waals surface area contributed by atoms with E-state index in [2.05, 4.69) is 4.99 Å². The monoisotopic (exact) mass is 244 g/mol. The molecule has 0 aromatic heterocycles. The SMILES string of the molecule is CN1C(=O)N=C(N(C)c2ccccc2)C(=N)C1=O. The Labute approximate surface area is 104 Å². The molecule has 3 amide bonds. The van der Waals surface area contributed by atoms with Crippen molar-refractivity contribution in [3.63, 3.8) is 0 Å². The molecule has 2 rings (SSSR count). The number of benzene rings is 1. The average molecular weight is 244 g/mol. The van der Waals surface area contributed by atoms with Crippen LogP contribution in [0.2, 0.25) is 0 Å². The number of carbonyl (C=O) groups is 2. The van der Waals surface area contributed by atoms with E-state index in [4.69, 9.17) is 5.41 Å². The first-order valence-corrected chi connectivity index (χ1v) is 5.30. The van der Waals surface area contributed by atoms with Gasteiger partial charge in [-0.05, 0) is 12.1 Å². The lowest BCUT2D eigenvalue weighted by Crippen LogP contribution is -2.49. The van der Waals surface area contributed by atoms with Crippen molar-refractivity contribution in [2.45, 2.75) is 0 Å². The molecule has 1 aromatic rings. The number of nitrogens with zero attached hydrogens (tertiary/aromatic N) is 3. The van der Waals surface area contributed by atoms with Gasteiger partial charge in [0.25, 0.3) is 5.91 Å². The summed E-state index contributed by atoms with van der Waals surface area (Å²) in [4.78, 5) is 29.3. The summed E-state index contributed by atoms with van der Waals surface area (Å²) in [7, 11) is 2.97. The summed E-state index contributed by atoms with van der Waals surface area (Å²) in [5.41, 5.74) is 0.467. The highest BCUT2D eigenvalue weighted by molar-refractivity contribution is 6.70. The lowest BCUT2D eigenvalue weighted by atomic mass is 10.2. The van der Waals surface area contributed by atoms with Crippen molar-refractivity contribution in [3.8, 4) is 0 Å². The molecular weight excluding hydrogens is 232 g/mol. The third kappa shape index (κ3) is 1.88. The fourth-order valence-corrected chi connectivity index (χ4v) is 1.59. The van der Waals surface area contributed by atoms with E-state index in [0.717, 1.165) is 10.6 Å². The highest BCUT2D eigenvalue weighted by Crippen LogP contribution is 2.14. The Kier molecular flexibility index (Phi) is 2.93. The van der Waals surface area contributed by atoms with Gasteiger partial charge in [-0.25, -0.2) is 4.79 Å². The summed E-state index contributed by atoms with van der Waals surface area (Å²) in [5.74, 6) is -0.581. The molecule has 0 radical (unpaired) electrons. The molecule has 6 heteroatoms. The van der Waals surface area contributed by atoms with Crippen LogP contribution in [0.4, 0.5) is 10.5 Å². The number of amides is 3. The van der Waals surface area contributed by atoms with Crippen molar-refractivity contribution in [1.82, 2.24) is 4.90 Å². The second kappa shape index (κ2) is 4.40. The minimum absolute atomic E-state index is 0.0642. The first-order valence-electron chi connectivity index (χ1n) is 5.30. The number of nitrogens with one attached hydrogen (secondary N) is 1. The first-order chi connectivity index (χ1) is 8.52. The smallest absolute Gasteiger partial charge is 0.327 e. The highest BCUT2D eigenvalue weighted by atomic mass is 16.2. The summed E-state index contributed by atoms with van der Waals surface area (Å²) in [6, 6.07) is 8.47. The number of aliphatic imine (C=N–C) groups is 1. The van der Waals surface area contributed by atoms with E-state index < -0.39 is 11.9 Å². The quantitative estimate of drug-likeness (QED) is 0.804. The van der Waals surface area contributed by atoms with Crippen LogP contribution in [0.5, 0.6) is 0 Å². The van der Waals surface area contributed by atoms with Gasteiger partial charge in [0.1, 0.15) is 0 Å². The summed E-state index contributed by atoms with van der Waals surface area (Å²) in [6.07, 6.45) is 0. The molecule has 0 saturated carbocycles. The van der Waals surface area contributed by atoms with Gasteiger partial charge in [-0.15, -0.1) is 0 Å². The van der Waals surface area contributed by atoms with Crippen molar-refractivity contribution in [3.05, 3.63) is 30.3 Å². The Bertz CT molecular complexity index is 550. The van der Waals surface area contributed by atoms with Crippen LogP contribution in [0.3, 0.4) is 0 Å². The largest absolute Gasteiger partial charge is 0.352 e. The minimum Gasteiger partial charge on any atom is -0.327 e. The minimum atomic E-state index is -0.659. The van der Waals surface area contributed by atoms with Crippen LogP contribution in [0.1, 0.15) is 0 Å². The molecule has 1 aromatic carbocycles. The van der Waals surface area contributed by atoms with E-state index in [-0.39, 0.29) is 11.5 Å². The number of anilines is 1. The molecule has 18 heavy (non-hydrogen) atoms. The molecule has 6 nitrogen and oxygen atoms in total. The first kappa shape index (κ1) is 12.0. The Morgan fingerprint density at radius 2 is 1.83 bits per heavy atom. The lowest BCUT2D eigenvalue weighted by Gasteiger charge is -2.26. The van der Waals surface area contributed by atoms with Gasteiger partial charge in [0.2, 0.25) is 0 Å². The van der Waals surface area contributed by atoms with Crippen molar-refractivity contribution >= 4 is 29.2 Å². The van der Waals surface area contributed by atoms with Crippen LogP contribution in [0.15, 0.2) is 35.3 Å². The summed E-state index contributed by atoms with van der Waals surface area (Å²) >= 11 is 0. The number of hydrogen-bond acceptors (Lipinski definition) is 4. The van der Waals surface area contributed by atoms with Crippen LogP contribution in [-0.4, -0.2) is 42.5 Å². The molecule has 1 N–H and O–H groups in total. The molecule has 0 unspecified atom stereocenters. The standard InChI is InChI=1S/C12H12N4O2/c1-15(8-6-4-3-5-7-8)10-9(13)11(17)16(2)12(18)14-10/h3-7,13H,1-2H3.